The predicted molar refractivity (Wildman–Crippen MR) is 87.7 cm³/mol. The van der Waals surface area contributed by atoms with Crippen molar-refractivity contribution >= 4 is 17.7 Å². The molecule has 0 atom stereocenters. The Morgan fingerprint density at radius 3 is 2.76 bits per heavy atom. The third kappa shape index (κ3) is 4.90. The first-order valence-corrected chi connectivity index (χ1v) is 8.19. The van der Waals surface area contributed by atoms with Crippen molar-refractivity contribution in [2.24, 2.45) is 0 Å². The van der Waals surface area contributed by atoms with Crippen molar-refractivity contribution in [2.75, 3.05) is 12.3 Å². The van der Waals surface area contributed by atoms with Crippen LogP contribution in [0.2, 0.25) is 0 Å². The number of hydrogen-bond acceptors (Lipinski definition) is 3. The summed E-state index contributed by atoms with van der Waals surface area (Å²) in [6.45, 7) is 2.76. The molecule has 0 spiro atoms. The number of nitrogens with zero attached hydrogens (tertiary/aromatic N) is 1. The summed E-state index contributed by atoms with van der Waals surface area (Å²) < 4.78 is 0. The molecule has 0 unspecified atom stereocenters. The van der Waals surface area contributed by atoms with Gasteiger partial charge in [0.05, 0.1) is 5.56 Å². The van der Waals surface area contributed by atoms with Crippen LogP contribution in [0.3, 0.4) is 0 Å². The zero-order valence-corrected chi connectivity index (χ0v) is 13.0. The minimum absolute atomic E-state index is 0.0439. The van der Waals surface area contributed by atoms with E-state index in [-0.39, 0.29) is 5.91 Å². The predicted octanol–water partition coefficient (Wildman–Crippen LogP) is 3.56. The highest BCUT2D eigenvalue weighted by Crippen LogP contribution is 2.20. The Kier molecular flexibility index (Phi) is 6.28. The maximum absolute atomic E-state index is 12.3. The molecule has 1 aromatic heterocycles. The lowest BCUT2D eigenvalue weighted by molar-refractivity contribution is 0.0950. The molecule has 0 saturated heterocycles. The van der Waals surface area contributed by atoms with E-state index in [0.717, 1.165) is 23.6 Å². The number of rotatable bonds is 7. The summed E-state index contributed by atoms with van der Waals surface area (Å²) in [6.07, 6.45) is 3.64. The third-order valence-electron chi connectivity index (χ3n) is 3.00. The average Bonchev–Trinajstić information content (AvgIpc) is 2.54. The lowest BCUT2D eigenvalue weighted by Crippen LogP contribution is -2.26. The second-order valence-electron chi connectivity index (χ2n) is 4.70. The first-order chi connectivity index (χ1) is 10.3. The van der Waals surface area contributed by atoms with Crippen molar-refractivity contribution in [3.8, 4) is 0 Å². The Bertz CT molecular complexity index is 572. The van der Waals surface area contributed by atoms with Crippen molar-refractivity contribution in [3.63, 3.8) is 0 Å². The van der Waals surface area contributed by atoms with Crippen LogP contribution in [0, 0.1) is 0 Å². The topological polar surface area (TPSA) is 42.0 Å². The normalized spacial score (nSPS) is 10.3. The van der Waals surface area contributed by atoms with Gasteiger partial charge < -0.3 is 5.32 Å². The SMILES string of the molecule is CCCSc1ncccc1C(=O)NCCc1ccccc1. The van der Waals surface area contributed by atoms with Gasteiger partial charge in [-0.1, -0.05) is 37.3 Å². The second kappa shape index (κ2) is 8.47. The van der Waals surface area contributed by atoms with Crippen LogP contribution in [0.4, 0.5) is 0 Å². The highest BCUT2D eigenvalue weighted by molar-refractivity contribution is 7.99. The van der Waals surface area contributed by atoms with E-state index in [4.69, 9.17) is 0 Å². The van der Waals surface area contributed by atoms with Gasteiger partial charge in [0.25, 0.3) is 5.91 Å². The minimum atomic E-state index is -0.0439. The van der Waals surface area contributed by atoms with Gasteiger partial charge in [-0.15, -0.1) is 11.8 Å². The minimum Gasteiger partial charge on any atom is -0.352 e. The van der Waals surface area contributed by atoms with Gasteiger partial charge in [-0.2, -0.15) is 0 Å². The van der Waals surface area contributed by atoms with Crippen LogP contribution in [0.15, 0.2) is 53.7 Å². The molecule has 2 aromatic rings. The molecule has 0 radical (unpaired) electrons. The Labute approximate surface area is 130 Å². The number of nitrogens with one attached hydrogen (secondary N) is 1. The van der Waals surface area contributed by atoms with Gasteiger partial charge in [0.15, 0.2) is 0 Å². The van der Waals surface area contributed by atoms with Gasteiger partial charge >= 0.3 is 0 Å². The fraction of sp³-hybridized carbons (Fsp3) is 0.294. The summed E-state index contributed by atoms with van der Waals surface area (Å²) in [5, 5.41) is 3.79. The number of thioether (sulfide) groups is 1. The zero-order valence-electron chi connectivity index (χ0n) is 12.2. The van der Waals surface area contributed by atoms with Crippen molar-refractivity contribution in [1.82, 2.24) is 10.3 Å². The number of hydrogen-bond donors (Lipinski definition) is 1. The monoisotopic (exact) mass is 300 g/mol. The van der Waals surface area contributed by atoms with Gasteiger partial charge in [0.1, 0.15) is 5.03 Å². The van der Waals surface area contributed by atoms with Crippen LogP contribution in [-0.2, 0) is 6.42 Å². The molecule has 0 fully saturated rings. The first-order valence-electron chi connectivity index (χ1n) is 7.21. The smallest absolute Gasteiger partial charge is 0.254 e. The summed E-state index contributed by atoms with van der Waals surface area (Å²) in [5.74, 6) is 0.930. The van der Waals surface area contributed by atoms with Crippen LogP contribution in [0.1, 0.15) is 29.3 Å². The van der Waals surface area contributed by atoms with E-state index in [2.05, 4.69) is 29.4 Å². The summed E-state index contributed by atoms with van der Waals surface area (Å²) in [4.78, 5) is 16.6. The van der Waals surface area contributed by atoms with Gasteiger partial charge in [0, 0.05) is 12.7 Å². The fourth-order valence-corrected chi connectivity index (χ4v) is 2.79. The van der Waals surface area contributed by atoms with Gasteiger partial charge in [0.2, 0.25) is 0 Å². The molecule has 0 aliphatic heterocycles. The van der Waals surface area contributed by atoms with E-state index in [1.807, 2.05) is 30.3 Å². The lowest BCUT2D eigenvalue weighted by Gasteiger charge is -2.08. The van der Waals surface area contributed by atoms with Gasteiger partial charge in [-0.3, -0.25) is 4.79 Å². The van der Waals surface area contributed by atoms with Crippen LogP contribution in [-0.4, -0.2) is 23.2 Å². The highest BCUT2D eigenvalue weighted by atomic mass is 32.2. The largest absolute Gasteiger partial charge is 0.352 e. The van der Waals surface area contributed by atoms with E-state index < -0.39 is 0 Å². The van der Waals surface area contributed by atoms with Crippen molar-refractivity contribution in [3.05, 3.63) is 59.8 Å². The van der Waals surface area contributed by atoms with Crippen LogP contribution < -0.4 is 5.32 Å². The van der Waals surface area contributed by atoms with E-state index in [0.29, 0.717) is 12.1 Å². The number of benzene rings is 1. The van der Waals surface area contributed by atoms with Gasteiger partial charge in [-0.05, 0) is 36.3 Å². The Hall–Kier alpha value is -1.81. The Balaban J connectivity index is 1.91. The van der Waals surface area contributed by atoms with Crippen molar-refractivity contribution in [1.29, 1.82) is 0 Å². The number of amides is 1. The molecule has 0 bridgehead atoms. The molecular weight excluding hydrogens is 280 g/mol. The molecule has 4 heteroatoms. The maximum atomic E-state index is 12.3. The first kappa shape index (κ1) is 15.6. The summed E-state index contributed by atoms with van der Waals surface area (Å²) in [5.41, 5.74) is 1.90. The second-order valence-corrected chi connectivity index (χ2v) is 5.78. The fourth-order valence-electron chi connectivity index (χ4n) is 1.94. The standard InChI is InChI=1S/C17H20N2OS/c1-2-13-21-17-15(9-6-11-19-17)16(20)18-12-10-14-7-4-3-5-8-14/h3-9,11H,2,10,12-13H2,1H3,(H,18,20). The quantitative estimate of drug-likeness (QED) is 0.795. The van der Waals surface area contributed by atoms with Crippen molar-refractivity contribution < 1.29 is 4.79 Å². The third-order valence-corrected chi connectivity index (χ3v) is 4.21. The molecule has 1 aromatic carbocycles. The molecule has 1 heterocycles. The molecule has 0 aliphatic rings. The van der Waals surface area contributed by atoms with Crippen LogP contribution >= 0.6 is 11.8 Å². The molecule has 110 valence electrons. The maximum Gasteiger partial charge on any atom is 0.254 e. The molecule has 2 rings (SSSR count). The zero-order chi connectivity index (χ0) is 14.9. The number of carbonyl (C=O) groups excluding carboxylic acids is 1. The Morgan fingerprint density at radius 2 is 2.00 bits per heavy atom. The molecular formula is C17H20N2OS. The van der Waals surface area contributed by atoms with Gasteiger partial charge in [-0.25, -0.2) is 4.98 Å². The van der Waals surface area contributed by atoms with E-state index in [9.17, 15) is 4.79 Å². The molecule has 0 saturated carbocycles. The lowest BCUT2D eigenvalue weighted by atomic mass is 10.1. The molecule has 0 aliphatic carbocycles. The molecule has 3 nitrogen and oxygen atoms in total. The number of aromatic nitrogens is 1. The summed E-state index contributed by atoms with van der Waals surface area (Å²) in [6, 6.07) is 13.8. The van der Waals surface area contributed by atoms with E-state index >= 15 is 0 Å². The number of pyridine rings is 1. The summed E-state index contributed by atoms with van der Waals surface area (Å²) in [7, 11) is 0. The molecule has 21 heavy (non-hydrogen) atoms. The average molecular weight is 300 g/mol. The van der Waals surface area contributed by atoms with Crippen LogP contribution in [0.25, 0.3) is 0 Å². The van der Waals surface area contributed by atoms with E-state index in [1.165, 1.54) is 5.56 Å². The van der Waals surface area contributed by atoms with Crippen molar-refractivity contribution in [2.45, 2.75) is 24.8 Å². The highest BCUT2D eigenvalue weighted by Gasteiger charge is 2.11. The molecule has 1 N–H and O–H groups in total. The number of carbonyl (C=O) groups is 1. The Morgan fingerprint density at radius 1 is 1.19 bits per heavy atom. The summed E-state index contributed by atoms with van der Waals surface area (Å²) >= 11 is 1.63. The van der Waals surface area contributed by atoms with Crippen LogP contribution in [0.5, 0.6) is 0 Å². The van der Waals surface area contributed by atoms with E-state index in [1.54, 1.807) is 18.0 Å². The molecule has 1 amide bonds.